The molecule has 3 atom stereocenters. The SMILES string of the molecule is CCC(=O)OCC(C(=O)O)c1ccccc1.CN1C2CCCC1CC2. The van der Waals surface area contributed by atoms with Crippen molar-refractivity contribution in [2.75, 3.05) is 13.7 Å². The lowest BCUT2D eigenvalue weighted by molar-refractivity contribution is -0.147. The molecular formula is C20H29NO4. The number of carbonyl (C=O) groups is 2. The first-order valence-electron chi connectivity index (χ1n) is 9.18. The quantitative estimate of drug-likeness (QED) is 0.827. The molecule has 2 aliphatic heterocycles. The number of nitrogens with zero attached hydrogens (tertiary/aromatic N) is 1. The normalized spacial score (nSPS) is 23.3. The van der Waals surface area contributed by atoms with Crippen molar-refractivity contribution in [2.45, 2.75) is 63.5 Å². The molecule has 2 heterocycles. The van der Waals surface area contributed by atoms with Gasteiger partial charge in [0.25, 0.3) is 0 Å². The van der Waals surface area contributed by atoms with Crippen LogP contribution in [0.4, 0.5) is 0 Å². The number of piperidine rings is 1. The van der Waals surface area contributed by atoms with Gasteiger partial charge in [-0.15, -0.1) is 0 Å². The predicted molar refractivity (Wildman–Crippen MR) is 96.5 cm³/mol. The Bertz CT molecular complexity index is 544. The van der Waals surface area contributed by atoms with Crippen LogP contribution in [-0.2, 0) is 14.3 Å². The molecule has 1 N–H and O–H groups in total. The highest BCUT2D eigenvalue weighted by atomic mass is 16.5. The van der Waals surface area contributed by atoms with Crippen LogP contribution in [-0.4, -0.2) is 47.7 Å². The predicted octanol–water partition coefficient (Wildman–Crippen LogP) is 3.44. The van der Waals surface area contributed by atoms with E-state index < -0.39 is 11.9 Å². The summed E-state index contributed by atoms with van der Waals surface area (Å²) in [6.45, 7) is 1.55. The number of hydrogen-bond acceptors (Lipinski definition) is 4. The van der Waals surface area contributed by atoms with Gasteiger partial charge in [-0.05, 0) is 38.3 Å². The van der Waals surface area contributed by atoms with E-state index in [1.165, 1.54) is 32.1 Å². The summed E-state index contributed by atoms with van der Waals surface area (Å²) in [7, 11) is 2.29. The van der Waals surface area contributed by atoms with Crippen LogP contribution in [0.5, 0.6) is 0 Å². The minimum Gasteiger partial charge on any atom is -0.481 e. The van der Waals surface area contributed by atoms with E-state index in [9.17, 15) is 9.59 Å². The van der Waals surface area contributed by atoms with Crippen molar-refractivity contribution in [1.29, 1.82) is 0 Å². The molecule has 3 unspecified atom stereocenters. The molecule has 25 heavy (non-hydrogen) atoms. The summed E-state index contributed by atoms with van der Waals surface area (Å²) in [5, 5.41) is 9.02. The Balaban J connectivity index is 0.000000208. The topological polar surface area (TPSA) is 66.8 Å². The van der Waals surface area contributed by atoms with E-state index in [0.29, 0.717) is 5.56 Å². The second-order valence-electron chi connectivity index (χ2n) is 6.82. The molecule has 0 saturated carbocycles. The fourth-order valence-corrected chi connectivity index (χ4v) is 3.65. The number of rotatable bonds is 5. The number of aliphatic carboxylic acids is 1. The first-order chi connectivity index (χ1) is 12.0. The first-order valence-corrected chi connectivity index (χ1v) is 9.18. The molecule has 138 valence electrons. The van der Waals surface area contributed by atoms with Crippen LogP contribution < -0.4 is 0 Å². The fraction of sp³-hybridized carbons (Fsp3) is 0.600. The number of carbonyl (C=O) groups excluding carboxylic acids is 1. The van der Waals surface area contributed by atoms with Gasteiger partial charge >= 0.3 is 11.9 Å². The lowest BCUT2D eigenvalue weighted by Crippen LogP contribution is -2.35. The van der Waals surface area contributed by atoms with Gasteiger partial charge in [0, 0.05) is 18.5 Å². The van der Waals surface area contributed by atoms with Gasteiger partial charge < -0.3 is 14.7 Å². The van der Waals surface area contributed by atoms with Crippen LogP contribution in [0.25, 0.3) is 0 Å². The molecule has 1 aromatic carbocycles. The minimum atomic E-state index is -0.991. The molecule has 0 radical (unpaired) electrons. The van der Waals surface area contributed by atoms with Crippen molar-refractivity contribution in [3.63, 3.8) is 0 Å². The van der Waals surface area contributed by atoms with Crippen molar-refractivity contribution in [3.8, 4) is 0 Å². The Labute approximate surface area is 150 Å². The summed E-state index contributed by atoms with van der Waals surface area (Å²) in [6.07, 6.45) is 7.61. The number of hydrogen-bond donors (Lipinski definition) is 1. The Morgan fingerprint density at radius 2 is 1.76 bits per heavy atom. The van der Waals surface area contributed by atoms with E-state index in [1.807, 2.05) is 0 Å². The fourth-order valence-electron chi connectivity index (χ4n) is 3.65. The van der Waals surface area contributed by atoms with Crippen LogP contribution in [0, 0.1) is 0 Å². The van der Waals surface area contributed by atoms with Crippen molar-refractivity contribution in [2.24, 2.45) is 0 Å². The highest BCUT2D eigenvalue weighted by Crippen LogP contribution is 2.33. The summed E-state index contributed by atoms with van der Waals surface area (Å²) in [5.74, 6) is -2.17. The maximum atomic E-state index is 11.0. The highest BCUT2D eigenvalue weighted by Gasteiger charge is 2.33. The summed E-state index contributed by atoms with van der Waals surface area (Å²) in [5.41, 5.74) is 0.638. The number of ether oxygens (including phenoxy) is 1. The molecule has 5 heteroatoms. The van der Waals surface area contributed by atoms with E-state index in [0.717, 1.165) is 12.1 Å². The molecule has 5 nitrogen and oxygen atoms in total. The lowest BCUT2D eigenvalue weighted by atomic mass is 10.0. The van der Waals surface area contributed by atoms with Gasteiger partial charge in [-0.2, -0.15) is 0 Å². The lowest BCUT2D eigenvalue weighted by Gasteiger charge is -2.30. The summed E-state index contributed by atoms with van der Waals surface area (Å²) in [4.78, 5) is 24.6. The van der Waals surface area contributed by atoms with Crippen molar-refractivity contribution >= 4 is 11.9 Å². The van der Waals surface area contributed by atoms with Crippen molar-refractivity contribution in [3.05, 3.63) is 35.9 Å². The van der Waals surface area contributed by atoms with Gasteiger partial charge in [0.15, 0.2) is 0 Å². The van der Waals surface area contributed by atoms with Crippen molar-refractivity contribution < 1.29 is 19.4 Å². The molecular weight excluding hydrogens is 318 g/mol. The van der Waals surface area contributed by atoms with Gasteiger partial charge in [-0.25, -0.2) is 0 Å². The number of benzene rings is 1. The minimum absolute atomic E-state index is 0.119. The maximum absolute atomic E-state index is 11.0. The van der Waals surface area contributed by atoms with E-state index in [2.05, 4.69) is 11.9 Å². The zero-order chi connectivity index (χ0) is 18.2. The van der Waals surface area contributed by atoms with E-state index >= 15 is 0 Å². The third-order valence-electron chi connectivity index (χ3n) is 5.26. The Morgan fingerprint density at radius 3 is 2.24 bits per heavy atom. The van der Waals surface area contributed by atoms with Crippen LogP contribution in [0.1, 0.15) is 56.9 Å². The van der Waals surface area contributed by atoms with E-state index in [1.54, 1.807) is 37.3 Å². The average Bonchev–Trinajstić information content (AvgIpc) is 2.83. The Kier molecular flexibility index (Phi) is 7.44. The van der Waals surface area contributed by atoms with Crippen LogP contribution >= 0.6 is 0 Å². The number of carboxylic acid groups (broad SMARTS) is 1. The van der Waals surface area contributed by atoms with E-state index in [-0.39, 0.29) is 19.0 Å². The number of carboxylic acids is 1. The first kappa shape index (κ1) is 19.4. The molecule has 3 rings (SSSR count). The molecule has 2 fully saturated rings. The van der Waals surface area contributed by atoms with Gasteiger partial charge in [-0.3, -0.25) is 9.59 Å². The second-order valence-corrected chi connectivity index (χ2v) is 6.82. The summed E-state index contributed by atoms with van der Waals surface area (Å²) in [6, 6.07) is 10.7. The third kappa shape index (κ3) is 5.56. The summed E-state index contributed by atoms with van der Waals surface area (Å²) >= 11 is 0. The smallest absolute Gasteiger partial charge is 0.314 e. The molecule has 2 bridgehead atoms. The van der Waals surface area contributed by atoms with Crippen LogP contribution in [0.15, 0.2) is 30.3 Å². The number of esters is 1. The largest absolute Gasteiger partial charge is 0.481 e. The van der Waals surface area contributed by atoms with Gasteiger partial charge in [0.1, 0.15) is 12.5 Å². The number of fused-ring (bicyclic) bond motifs is 2. The molecule has 0 aromatic heterocycles. The van der Waals surface area contributed by atoms with Gasteiger partial charge in [0.05, 0.1) is 0 Å². The molecule has 2 saturated heterocycles. The van der Waals surface area contributed by atoms with Crippen molar-refractivity contribution in [1.82, 2.24) is 4.90 Å². The zero-order valence-corrected chi connectivity index (χ0v) is 15.2. The maximum Gasteiger partial charge on any atom is 0.314 e. The average molecular weight is 347 g/mol. The second kappa shape index (κ2) is 9.56. The molecule has 1 aromatic rings. The van der Waals surface area contributed by atoms with Gasteiger partial charge in [0.2, 0.25) is 0 Å². The van der Waals surface area contributed by atoms with Crippen LogP contribution in [0.3, 0.4) is 0 Å². The van der Waals surface area contributed by atoms with Crippen LogP contribution in [0.2, 0.25) is 0 Å². The standard InChI is InChI=1S/C12H14O4.C8H15N/c1-2-11(13)16-8-10(12(14)15)9-6-4-3-5-7-9;1-9-7-3-2-4-8(9)6-5-7/h3-7,10H,2,8H2,1H3,(H,14,15);7-8H,2-6H2,1H3. The Morgan fingerprint density at radius 1 is 1.16 bits per heavy atom. The molecule has 0 spiro atoms. The zero-order valence-electron chi connectivity index (χ0n) is 15.2. The van der Waals surface area contributed by atoms with Gasteiger partial charge in [-0.1, -0.05) is 43.7 Å². The molecule has 2 aliphatic rings. The summed E-state index contributed by atoms with van der Waals surface area (Å²) < 4.78 is 4.85. The molecule has 0 aliphatic carbocycles. The van der Waals surface area contributed by atoms with E-state index in [4.69, 9.17) is 9.84 Å². The molecule has 0 amide bonds. The Hall–Kier alpha value is -1.88. The highest BCUT2D eigenvalue weighted by molar-refractivity contribution is 5.77. The third-order valence-corrected chi connectivity index (χ3v) is 5.26. The monoisotopic (exact) mass is 347 g/mol.